The van der Waals surface area contributed by atoms with E-state index in [1.807, 2.05) is 0 Å². The molecule has 62 valence electrons. The summed E-state index contributed by atoms with van der Waals surface area (Å²) in [6, 6.07) is -0.977. The summed E-state index contributed by atoms with van der Waals surface area (Å²) < 4.78 is 19.2. The molecule has 11 heavy (non-hydrogen) atoms. The third-order valence-electron chi connectivity index (χ3n) is 1.28. The Morgan fingerprint density at radius 1 is 2.00 bits per heavy atom. The lowest BCUT2D eigenvalue weighted by Crippen LogP contribution is -2.34. The van der Waals surface area contributed by atoms with Crippen LogP contribution in [0.1, 0.15) is 22.5 Å². The number of hydrogen-bond acceptors (Lipinski definition) is 3. The van der Waals surface area contributed by atoms with Crippen molar-refractivity contribution in [2.75, 3.05) is 6.61 Å². The highest BCUT2D eigenvalue weighted by Crippen LogP contribution is 2.07. The lowest BCUT2D eigenvalue weighted by molar-refractivity contribution is -0.145. The van der Waals surface area contributed by atoms with Gasteiger partial charge in [0.05, 0.1) is 6.61 Å². The van der Waals surface area contributed by atoms with Crippen LogP contribution in [0.2, 0.25) is 0 Å². The molecule has 1 fully saturated rings. The molecule has 1 aliphatic rings. The van der Waals surface area contributed by atoms with Crippen molar-refractivity contribution >= 4 is 11.9 Å². The maximum atomic E-state index is 11.1. The van der Waals surface area contributed by atoms with E-state index in [0.717, 1.165) is 0 Å². The van der Waals surface area contributed by atoms with Crippen LogP contribution in [0.3, 0.4) is 0 Å². The molecule has 0 aromatic carbocycles. The van der Waals surface area contributed by atoms with Gasteiger partial charge in [0.1, 0.15) is 6.04 Å². The van der Waals surface area contributed by atoms with Crippen LogP contribution >= 0.6 is 0 Å². The summed E-state index contributed by atoms with van der Waals surface area (Å²) in [6.07, 6.45) is -2.25. The lowest BCUT2D eigenvalue weighted by atomic mass is 10.2. The zero-order chi connectivity index (χ0) is 10.0. The first kappa shape index (κ1) is 5.57. The van der Waals surface area contributed by atoms with Crippen LogP contribution in [0.5, 0.6) is 0 Å². The van der Waals surface area contributed by atoms with Crippen molar-refractivity contribution in [1.82, 2.24) is 5.32 Å². The summed E-state index contributed by atoms with van der Waals surface area (Å²) in [6.45, 7) is 1.85. The van der Waals surface area contributed by atoms with E-state index in [4.69, 9.17) is 2.74 Å². The highest BCUT2D eigenvalue weighted by Gasteiger charge is 2.27. The van der Waals surface area contributed by atoms with Crippen LogP contribution < -0.4 is 5.32 Å². The molecular weight excluding hydrogens is 146 g/mol. The first-order valence-corrected chi connectivity index (χ1v) is 3.39. The van der Waals surface area contributed by atoms with Gasteiger partial charge in [-0.2, -0.15) is 0 Å². The van der Waals surface area contributed by atoms with Crippen LogP contribution in [0.4, 0.5) is 0 Å². The van der Waals surface area contributed by atoms with Gasteiger partial charge in [-0.3, -0.25) is 4.79 Å². The van der Waals surface area contributed by atoms with Crippen molar-refractivity contribution in [2.24, 2.45) is 0 Å². The molecule has 3 atom stereocenters. The van der Waals surface area contributed by atoms with Gasteiger partial charge in [-0.05, 0) is 13.3 Å². The molecule has 0 radical (unpaired) electrons. The summed E-state index contributed by atoms with van der Waals surface area (Å²) in [5, 5.41) is 2.25. The van der Waals surface area contributed by atoms with E-state index in [0.29, 0.717) is 0 Å². The van der Waals surface area contributed by atoms with E-state index in [1.54, 1.807) is 6.92 Å². The second-order valence-electron chi connectivity index (χ2n) is 2.10. The number of ether oxygens (including phenoxy) is 1. The van der Waals surface area contributed by atoms with Crippen LogP contribution in [0.25, 0.3) is 0 Å². The monoisotopic (exact) mass is 159 g/mol. The molecule has 1 heterocycles. The van der Waals surface area contributed by atoms with E-state index < -0.39 is 30.7 Å². The Labute approximate surface area is 67.7 Å². The molecule has 1 rings (SSSR count). The Hall–Kier alpha value is -1.06. The van der Waals surface area contributed by atoms with E-state index in [-0.39, 0.29) is 6.61 Å². The van der Waals surface area contributed by atoms with E-state index in [1.165, 1.54) is 0 Å². The highest BCUT2D eigenvalue weighted by atomic mass is 16.5. The Morgan fingerprint density at radius 3 is 3.18 bits per heavy atom. The third-order valence-corrected chi connectivity index (χ3v) is 1.28. The lowest BCUT2D eigenvalue weighted by Gasteiger charge is -2.07. The van der Waals surface area contributed by atoms with Crippen molar-refractivity contribution < 1.29 is 17.1 Å². The predicted molar refractivity (Wildman–Crippen MR) is 37.8 cm³/mol. The van der Waals surface area contributed by atoms with Crippen molar-refractivity contribution in [3.8, 4) is 0 Å². The first-order valence-electron chi connectivity index (χ1n) is 4.55. The molecular formula is C7H11NO3. The van der Waals surface area contributed by atoms with Gasteiger partial charge in [-0.25, -0.2) is 4.79 Å². The van der Waals surface area contributed by atoms with Gasteiger partial charge in [-0.15, -0.1) is 0 Å². The maximum Gasteiger partial charge on any atom is 0.328 e. The number of hydrogen-bond donors (Lipinski definition) is 1. The first-order chi connectivity index (χ1) is 6.07. The van der Waals surface area contributed by atoms with Gasteiger partial charge in [0, 0.05) is 9.14 Å². The van der Waals surface area contributed by atoms with Crippen LogP contribution in [-0.4, -0.2) is 24.5 Å². The topological polar surface area (TPSA) is 55.4 Å². The smallest absolute Gasteiger partial charge is 0.328 e. The van der Waals surface area contributed by atoms with Gasteiger partial charge in [0.2, 0.25) is 5.91 Å². The number of nitrogens with one attached hydrogen (secondary N) is 1. The number of carbonyl (C=O) groups excluding carboxylic acids is 2. The number of rotatable bonds is 2. The summed E-state index contributed by atoms with van der Waals surface area (Å²) in [7, 11) is 0. The van der Waals surface area contributed by atoms with E-state index in [9.17, 15) is 9.59 Å². The fraction of sp³-hybridized carbons (Fsp3) is 0.714. The Bertz CT molecular complexity index is 234. The molecule has 0 aromatic rings. The number of esters is 1. The summed E-state index contributed by atoms with van der Waals surface area (Å²) in [5.74, 6) is -1.22. The van der Waals surface area contributed by atoms with Crippen molar-refractivity contribution in [3.63, 3.8) is 0 Å². The molecule has 0 aromatic heterocycles. The maximum absolute atomic E-state index is 11.1. The van der Waals surface area contributed by atoms with Crippen molar-refractivity contribution in [2.45, 2.75) is 25.8 Å². The van der Waals surface area contributed by atoms with Crippen molar-refractivity contribution in [1.29, 1.82) is 0 Å². The molecule has 1 aliphatic heterocycles. The van der Waals surface area contributed by atoms with Gasteiger partial charge in [-0.1, -0.05) is 0 Å². The van der Waals surface area contributed by atoms with Crippen LogP contribution in [-0.2, 0) is 14.3 Å². The van der Waals surface area contributed by atoms with Gasteiger partial charge < -0.3 is 10.1 Å². The van der Waals surface area contributed by atoms with Gasteiger partial charge in [0.25, 0.3) is 0 Å². The SMILES string of the molecule is [2H]C1C(=O)N[C@@H](C(=O)OCC)C1[2H]. The molecule has 1 amide bonds. The molecule has 1 N–H and O–H groups in total. The Kier molecular flexibility index (Phi) is 1.71. The molecule has 0 spiro atoms. The second-order valence-corrected chi connectivity index (χ2v) is 2.10. The van der Waals surface area contributed by atoms with Crippen LogP contribution in [0.15, 0.2) is 0 Å². The summed E-state index contributed by atoms with van der Waals surface area (Å²) in [4.78, 5) is 22.0. The third kappa shape index (κ3) is 1.93. The summed E-state index contributed by atoms with van der Waals surface area (Å²) in [5.41, 5.74) is 0. The van der Waals surface area contributed by atoms with Gasteiger partial charge in [0.15, 0.2) is 0 Å². The largest absolute Gasteiger partial charge is 0.464 e. The minimum atomic E-state index is -1.19. The highest BCUT2D eigenvalue weighted by molar-refractivity contribution is 5.87. The standard InChI is InChI=1S/C7H11NO3/c1-2-11-7(10)5-3-4-6(9)8-5/h5H,2-4H2,1H3,(H,8,9)/t5-/m1/s1/i3D,4D/t3?,4?,5-. The normalized spacial score (nSPS) is 39.0. The second kappa shape index (κ2) is 3.37. The predicted octanol–water partition coefficient (Wildman–Crippen LogP) is -0.172. The molecule has 4 heteroatoms. The quantitative estimate of drug-likeness (QED) is 0.569. The molecule has 1 saturated heterocycles. The fourth-order valence-electron chi connectivity index (χ4n) is 0.803. The zero-order valence-electron chi connectivity index (χ0n) is 8.16. The molecule has 2 unspecified atom stereocenters. The fourth-order valence-corrected chi connectivity index (χ4v) is 0.803. The number of amides is 1. The van der Waals surface area contributed by atoms with Crippen molar-refractivity contribution in [3.05, 3.63) is 0 Å². The Balaban J connectivity index is 2.62. The zero-order valence-corrected chi connectivity index (χ0v) is 6.16. The molecule has 0 bridgehead atoms. The minimum absolute atomic E-state index is 0.209. The van der Waals surface area contributed by atoms with Crippen LogP contribution in [0, 0.1) is 0 Å². The minimum Gasteiger partial charge on any atom is -0.464 e. The number of carbonyl (C=O) groups is 2. The average molecular weight is 159 g/mol. The molecule has 4 nitrogen and oxygen atoms in total. The molecule has 0 saturated carbocycles. The Morgan fingerprint density at radius 2 is 2.73 bits per heavy atom. The average Bonchev–Trinajstić information content (AvgIpc) is 2.33. The molecule has 0 aliphatic carbocycles. The summed E-state index contributed by atoms with van der Waals surface area (Å²) >= 11 is 0. The van der Waals surface area contributed by atoms with Gasteiger partial charge >= 0.3 is 5.97 Å². The van der Waals surface area contributed by atoms with E-state index in [2.05, 4.69) is 10.1 Å². The van der Waals surface area contributed by atoms with E-state index >= 15 is 0 Å².